The lowest BCUT2D eigenvalue weighted by Gasteiger charge is -2.32. The van der Waals surface area contributed by atoms with Crippen molar-refractivity contribution in [1.82, 2.24) is 4.31 Å². The number of carbonyl (C=O) groups is 1. The van der Waals surface area contributed by atoms with E-state index in [0.717, 1.165) is 10.6 Å². The quantitative estimate of drug-likeness (QED) is 0.609. The Bertz CT molecular complexity index is 541. The number of methoxy groups -OCH3 is 1. The summed E-state index contributed by atoms with van der Waals surface area (Å²) in [6, 6.07) is 0. The molecule has 118 valence electrons. The lowest BCUT2D eigenvalue weighted by molar-refractivity contribution is -0.140. The minimum absolute atomic E-state index is 0.00185. The highest BCUT2D eigenvalue weighted by Gasteiger charge is 2.38. The molecule has 0 aromatic carbocycles. The van der Waals surface area contributed by atoms with Gasteiger partial charge in [-0.2, -0.15) is 16.1 Å². The van der Waals surface area contributed by atoms with Crippen LogP contribution in [0.2, 0.25) is 0 Å². The average molecular weight is 345 g/mol. The maximum Gasteiger partial charge on any atom is 0.305 e. The predicted molar refractivity (Wildman–Crippen MR) is 77.7 cm³/mol. The topological polar surface area (TPSA) is 97.8 Å². The van der Waals surface area contributed by atoms with Crippen LogP contribution in [-0.4, -0.2) is 69.7 Å². The van der Waals surface area contributed by atoms with E-state index >= 15 is 0 Å². The largest absolute Gasteiger partial charge is 0.469 e. The SMILES string of the molecule is COC(=O)CCCS(=O)(=O)N1CCSCC1S(C)(=O)=O. The van der Waals surface area contributed by atoms with Crippen molar-refractivity contribution < 1.29 is 26.4 Å². The summed E-state index contributed by atoms with van der Waals surface area (Å²) in [5, 5.41) is -1.01. The zero-order chi connectivity index (χ0) is 15.4. The highest BCUT2D eigenvalue weighted by atomic mass is 32.2. The summed E-state index contributed by atoms with van der Waals surface area (Å²) in [6.45, 7) is 0.183. The second-order valence-corrected chi connectivity index (χ2v) is 9.86. The zero-order valence-corrected chi connectivity index (χ0v) is 13.9. The fraction of sp³-hybridized carbons (Fsp3) is 0.900. The van der Waals surface area contributed by atoms with Gasteiger partial charge in [0.1, 0.15) is 5.37 Å². The molecule has 1 unspecified atom stereocenters. The van der Waals surface area contributed by atoms with Crippen molar-refractivity contribution in [3.63, 3.8) is 0 Å². The fourth-order valence-corrected chi connectivity index (χ4v) is 7.14. The van der Waals surface area contributed by atoms with E-state index in [4.69, 9.17) is 0 Å². The number of sulfone groups is 1. The van der Waals surface area contributed by atoms with Gasteiger partial charge in [0.05, 0.1) is 12.9 Å². The first kappa shape index (κ1) is 17.7. The Balaban J connectivity index is 2.76. The molecule has 0 amide bonds. The molecule has 0 N–H and O–H groups in total. The van der Waals surface area contributed by atoms with E-state index in [2.05, 4.69) is 4.74 Å². The van der Waals surface area contributed by atoms with Gasteiger partial charge in [0.25, 0.3) is 0 Å². The molecule has 20 heavy (non-hydrogen) atoms. The Kier molecular flexibility index (Phi) is 6.29. The lowest BCUT2D eigenvalue weighted by Crippen LogP contribution is -2.50. The van der Waals surface area contributed by atoms with Crippen molar-refractivity contribution in [2.24, 2.45) is 0 Å². The van der Waals surface area contributed by atoms with Crippen molar-refractivity contribution in [1.29, 1.82) is 0 Å². The van der Waals surface area contributed by atoms with Gasteiger partial charge in [0.15, 0.2) is 9.84 Å². The van der Waals surface area contributed by atoms with Crippen molar-refractivity contribution >= 4 is 37.6 Å². The van der Waals surface area contributed by atoms with Crippen molar-refractivity contribution in [3.05, 3.63) is 0 Å². The third-order valence-corrected chi connectivity index (χ3v) is 7.63. The van der Waals surface area contributed by atoms with Gasteiger partial charge in [-0.3, -0.25) is 4.79 Å². The first-order valence-corrected chi connectivity index (χ1v) is 10.7. The first-order valence-electron chi connectivity index (χ1n) is 6.01. The van der Waals surface area contributed by atoms with E-state index in [1.807, 2.05) is 0 Å². The molecular formula is C10H19NO6S3. The molecule has 0 aromatic rings. The van der Waals surface area contributed by atoms with Gasteiger partial charge in [-0.25, -0.2) is 16.8 Å². The summed E-state index contributed by atoms with van der Waals surface area (Å²) >= 11 is 1.42. The number of sulfonamides is 1. The summed E-state index contributed by atoms with van der Waals surface area (Å²) in [5.41, 5.74) is 0. The Morgan fingerprint density at radius 1 is 1.35 bits per heavy atom. The van der Waals surface area contributed by atoms with E-state index in [0.29, 0.717) is 5.75 Å². The van der Waals surface area contributed by atoms with Gasteiger partial charge in [0.2, 0.25) is 10.0 Å². The van der Waals surface area contributed by atoms with Gasteiger partial charge < -0.3 is 4.74 Å². The van der Waals surface area contributed by atoms with E-state index in [-0.39, 0.29) is 30.9 Å². The monoisotopic (exact) mass is 345 g/mol. The van der Waals surface area contributed by atoms with Crippen LogP contribution in [0.5, 0.6) is 0 Å². The lowest BCUT2D eigenvalue weighted by atomic mass is 10.3. The van der Waals surface area contributed by atoms with Crippen LogP contribution in [0.4, 0.5) is 0 Å². The molecule has 0 saturated carbocycles. The normalized spacial score (nSPS) is 21.6. The van der Waals surface area contributed by atoms with Gasteiger partial charge in [0, 0.05) is 30.7 Å². The van der Waals surface area contributed by atoms with Crippen LogP contribution in [-0.2, 0) is 29.4 Å². The molecule has 0 spiro atoms. The smallest absolute Gasteiger partial charge is 0.305 e. The van der Waals surface area contributed by atoms with Gasteiger partial charge in [-0.15, -0.1) is 0 Å². The predicted octanol–water partition coefficient (Wildman–Crippen LogP) is -0.311. The molecule has 1 rings (SSSR count). The van der Waals surface area contributed by atoms with Crippen molar-refractivity contribution in [2.45, 2.75) is 18.2 Å². The molecule has 1 aliphatic heterocycles. The molecular weight excluding hydrogens is 326 g/mol. The molecule has 1 saturated heterocycles. The van der Waals surface area contributed by atoms with E-state index in [9.17, 15) is 21.6 Å². The van der Waals surface area contributed by atoms with Crippen LogP contribution < -0.4 is 0 Å². The first-order chi connectivity index (χ1) is 9.18. The van der Waals surface area contributed by atoms with E-state index < -0.39 is 31.2 Å². The van der Waals surface area contributed by atoms with E-state index in [1.54, 1.807) is 0 Å². The molecule has 0 bridgehead atoms. The number of thioether (sulfide) groups is 1. The minimum Gasteiger partial charge on any atom is -0.469 e. The maximum atomic E-state index is 12.2. The molecule has 0 aromatic heterocycles. The van der Waals surface area contributed by atoms with Crippen LogP contribution in [0, 0.1) is 0 Å². The second-order valence-electron chi connectivity index (χ2n) is 4.47. The third-order valence-electron chi connectivity index (χ3n) is 2.90. The zero-order valence-electron chi connectivity index (χ0n) is 11.4. The number of esters is 1. The number of rotatable bonds is 6. The van der Waals surface area contributed by atoms with Crippen LogP contribution in [0.25, 0.3) is 0 Å². The minimum atomic E-state index is -3.69. The maximum absolute atomic E-state index is 12.2. The van der Waals surface area contributed by atoms with E-state index in [1.165, 1.54) is 18.9 Å². The summed E-state index contributed by atoms with van der Waals surface area (Å²) in [4.78, 5) is 11.0. The highest BCUT2D eigenvalue weighted by Crippen LogP contribution is 2.24. The molecule has 1 atom stereocenters. The molecule has 1 aliphatic rings. The molecule has 0 aliphatic carbocycles. The Labute approximate surface area is 124 Å². The molecule has 7 nitrogen and oxygen atoms in total. The van der Waals surface area contributed by atoms with Crippen LogP contribution in [0.15, 0.2) is 0 Å². The summed E-state index contributed by atoms with van der Waals surface area (Å²) in [5.74, 6) is 0.0879. The van der Waals surface area contributed by atoms with Crippen LogP contribution in [0.1, 0.15) is 12.8 Å². The number of carbonyl (C=O) groups excluding carboxylic acids is 1. The summed E-state index contributed by atoms with van der Waals surface area (Å²) in [7, 11) is -5.92. The van der Waals surface area contributed by atoms with Gasteiger partial charge in [-0.1, -0.05) is 0 Å². The summed E-state index contributed by atoms with van der Waals surface area (Å²) in [6.07, 6.45) is 1.16. The van der Waals surface area contributed by atoms with Crippen molar-refractivity contribution in [3.8, 4) is 0 Å². The third kappa shape index (κ3) is 4.90. The molecule has 10 heteroatoms. The number of nitrogens with zero attached hydrogens (tertiary/aromatic N) is 1. The van der Waals surface area contributed by atoms with Crippen molar-refractivity contribution in [2.75, 3.05) is 37.2 Å². The fourth-order valence-electron chi connectivity index (χ4n) is 1.84. The Hall–Kier alpha value is -0.320. The van der Waals surface area contributed by atoms with Crippen LogP contribution in [0.3, 0.4) is 0 Å². The number of hydrogen-bond acceptors (Lipinski definition) is 7. The van der Waals surface area contributed by atoms with Gasteiger partial charge >= 0.3 is 5.97 Å². The van der Waals surface area contributed by atoms with Gasteiger partial charge in [-0.05, 0) is 6.42 Å². The molecule has 1 heterocycles. The molecule has 1 fully saturated rings. The van der Waals surface area contributed by atoms with Crippen LogP contribution >= 0.6 is 11.8 Å². The Morgan fingerprint density at radius 3 is 2.55 bits per heavy atom. The standard InChI is InChI=1S/C10H19NO6S3/c1-17-10(12)4-3-7-20(15,16)11-5-6-18-8-9(11)19(2,13)14/h9H,3-8H2,1-2H3. The second kappa shape index (κ2) is 7.10. The number of ether oxygens (including phenoxy) is 1. The molecule has 0 radical (unpaired) electrons. The average Bonchev–Trinajstić information content (AvgIpc) is 2.37. The Morgan fingerprint density at radius 2 is 2.00 bits per heavy atom. The summed E-state index contributed by atoms with van der Waals surface area (Å²) < 4.78 is 53.3. The highest BCUT2D eigenvalue weighted by molar-refractivity contribution is 8.01. The number of hydrogen-bond donors (Lipinski definition) is 0.